The van der Waals surface area contributed by atoms with E-state index in [0.29, 0.717) is 12.6 Å². The molecule has 0 aromatic carbocycles. The molecule has 21 heavy (non-hydrogen) atoms. The lowest BCUT2D eigenvalue weighted by atomic mass is 10.2. The molecule has 0 aliphatic carbocycles. The number of aliphatic hydroxyl groups is 1. The van der Waals surface area contributed by atoms with Crippen LogP contribution < -0.4 is 10.6 Å². The van der Waals surface area contributed by atoms with Gasteiger partial charge in [0, 0.05) is 30.7 Å². The van der Waals surface area contributed by atoms with Gasteiger partial charge in [0.05, 0.1) is 6.61 Å². The molecule has 2 amide bonds. The number of hydrogen-bond acceptors (Lipinski definition) is 4. The maximum Gasteiger partial charge on any atom is 0.319 e. The van der Waals surface area contributed by atoms with Crippen molar-refractivity contribution in [3.8, 4) is 0 Å². The Morgan fingerprint density at radius 3 is 2.95 bits per heavy atom. The van der Waals surface area contributed by atoms with Gasteiger partial charge in [0.2, 0.25) is 0 Å². The molecule has 6 heteroatoms. The lowest BCUT2D eigenvalue weighted by Gasteiger charge is -2.22. The lowest BCUT2D eigenvalue weighted by Crippen LogP contribution is -2.34. The van der Waals surface area contributed by atoms with Crippen molar-refractivity contribution in [2.75, 3.05) is 31.6 Å². The Morgan fingerprint density at radius 1 is 1.38 bits per heavy atom. The van der Waals surface area contributed by atoms with Crippen molar-refractivity contribution in [2.45, 2.75) is 31.7 Å². The first-order valence-corrected chi connectivity index (χ1v) is 7.59. The van der Waals surface area contributed by atoms with Crippen molar-refractivity contribution in [1.29, 1.82) is 0 Å². The first-order chi connectivity index (χ1) is 10.3. The van der Waals surface area contributed by atoms with Crippen molar-refractivity contribution >= 4 is 11.7 Å². The topological polar surface area (TPSA) is 77.5 Å². The van der Waals surface area contributed by atoms with Gasteiger partial charge in [-0.1, -0.05) is 0 Å². The molecule has 1 saturated heterocycles. The molecule has 2 rings (SSSR count). The van der Waals surface area contributed by atoms with Crippen LogP contribution in [0.3, 0.4) is 0 Å². The number of aromatic nitrogens is 1. The third-order valence-corrected chi connectivity index (χ3v) is 3.81. The van der Waals surface area contributed by atoms with Gasteiger partial charge >= 0.3 is 6.03 Å². The summed E-state index contributed by atoms with van der Waals surface area (Å²) in [5.74, 6) is 0. The van der Waals surface area contributed by atoms with Crippen molar-refractivity contribution < 1.29 is 9.90 Å². The highest BCUT2D eigenvalue weighted by molar-refractivity contribution is 5.88. The molecule has 2 heterocycles. The average Bonchev–Trinajstić information content (AvgIpc) is 2.95. The van der Waals surface area contributed by atoms with Crippen LogP contribution in [0, 0.1) is 0 Å². The van der Waals surface area contributed by atoms with Gasteiger partial charge in [0.25, 0.3) is 0 Å². The van der Waals surface area contributed by atoms with Gasteiger partial charge in [-0.25, -0.2) is 4.79 Å². The molecular weight excluding hydrogens is 268 g/mol. The number of urea groups is 1. The number of unbranched alkanes of at least 4 members (excludes halogenated alkanes) is 1. The van der Waals surface area contributed by atoms with Gasteiger partial charge in [-0.05, 0) is 50.9 Å². The number of hydrogen-bond donors (Lipinski definition) is 3. The van der Waals surface area contributed by atoms with E-state index in [1.165, 1.54) is 6.42 Å². The third kappa shape index (κ3) is 5.32. The molecule has 6 nitrogen and oxygen atoms in total. The van der Waals surface area contributed by atoms with Gasteiger partial charge in [-0.3, -0.25) is 9.88 Å². The van der Waals surface area contributed by atoms with Gasteiger partial charge < -0.3 is 15.7 Å². The van der Waals surface area contributed by atoms with Crippen LogP contribution in [0.2, 0.25) is 0 Å². The molecular formula is C15H24N4O2. The Labute approximate surface area is 125 Å². The first-order valence-electron chi connectivity index (χ1n) is 7.59. The predicted molar refractivity (Wildman–Crippen MR) is 82.2 cm³/mol. The summed E-state index contributed by atoms with van der Waals surface area (Å²) in [6.07, 6.45) is 7.54. The molecule has 1 unspecified atom stereocenters. The summed E-state index contributed by atoms with van der Waals surface area (Å²) < 4.78 is 0. The van der Waals surface area contributed by atoms with Crippen molar-refractivity contribution in [1.82, 2.24) is 15.2 Å². The van der Waals surface area contributed by atoms with E-state index >= 15 is 0 Å². The maximum absolute atomic E-state index is 11.6. The van der Waals surface area contributed by atoms with E-state index in [1.54, 1.807) is 24.5 Å². The second kappa shape index (κ2) is 8.59. The number of likely N-dealkylation sites (tertiary alicyclic amines) is 1. The Hall–Kier alpha value is -1.66. The van der Waals surface area contributed by atoms with Gasteiger partial charge in [-0.15, -0.1) is 0 Å². The quantitative estimate of drug-likeness (QED) is 0.665. The molecule has 3 N–H and O–H groups in total. The van der Waals surface area contributed by atoms with Gasteiger partial charge in [-0.2, -0.15) is 0 Å². The highest BCUT2D eigenvalue weighted by Crippen LogP contribution is 2.16. The van der Waals surface area contributed by atoms with E-state index in [-0.39, 0.29) is 12.6 Å². The summed E-state index contributed by atoms with van der Waals surface area (Å²) in [6.45, 7) is 3.00. The van der Waals surface area contributed by atoms with Crippen LogP contribution in [0.25, 0.3) is 0 Å². The Kier molecular flexibility index (Phi) is 6.43. The van der Waals surface area contributed by atoms with Crippen LogP contribution >= 0.6 is 0 Å². The summed E-state index contributed by atoms with van der Waals surface area (Å²) in [7, 11) is 0. The minimum Gasteiger partial charge on any atom is -0.395 e. The van der Waals surface area contributed by atoms with Crippen molar-refractivity contribution in [3.63, 3.8) is 0 Å². The number of amides is 2. The highest BCUT2D eigenvalue weighted by Gasteiger charge is 2.22. The van der Waals surface area contributed by atoms with Crippen LogP contribution in [0.15, 0.2) is 24.5 Å². The van der Waals surface area contributed by atoms with E-state index in [9.17, 15) is 9.90 Å². The number of rotatable bonds is 7. The number of carbonyl (C=O) groups excluding carboxylic acids is 1. The fourth-order valence-electron chi connectivity index (χ4n) is 2.65. The standard InChI is InChI=1S/C15H24N4O2/c20-12-14-4-3-11-19(14)10-2-1-7-17-15(21)18-13-5-8-16-9-6-13/h5-6,8-9,14,20H,1-4,7,10-12H2,(H2,16,17,18,21). The average molecular weight is 292 g/mol. The number of pyridine rings is 1. The molecule has 0 saturated carbocycles. The van der Waals surface area contributed by atoms with E-state index in [2.05, 4.69) is 20.5 Å². The van der Waals surface area contributed by atoms with Gasteiger partial charge in [0.15, 0.2) is 0 Å². The zero-order valence-electron chi connectivity index (χ0n) is 12.3. The normalized spacial score (nSPS) is 18.6. The summed E-state index contributed by atoms with van der Waals surface area (Å²) in [4.78, 5) is 17.9. The SMILES string of the molecule is O=C(NCCCCN1CCCC1CO)Nc1ccncc1. The molecule has 1 aliphatic heterocycles. The zero-order valence-corrected chi connectivity index (χ0v) is 12.3. The fraction of sp³-hybridized carbons (Fsp3) is 0.600. The van der Waals surface area contributed by atoms with E-state index in [0.717, 1.165) is 38.0 Å². The Bertz CT molecular complexity index is 427. The molecule has 1 fully saturated rings. The van der Waals surface area contributed by atoms with Crippen LogP contribution in [0.4, 0.5) is 10.5 Å². The number of aliphatic hydroxyl groups excluding tert-OH is 1. The summed E-state index contributed by atoms with van der Waals surface area (Å²) >= 11 is 0. The largest absolute Gasteiger partial charge is 0.395 e. The number of nitrogens with one attached hydrogen (secondary N) is 2. The zero-order chi connectivity index (χ0) is 14.9. The Morgan fingerprint density at radius 2 is 2.19 bits per heavy atom. The van der Waals surface area contributed by atoms with Crippen LogP contribution in [-0.2, 0) is 0 Å². The second-order valence-electron chi connectivity index (χ2n) is 5.34. The fourth-order valence-corrected chi connectivity index (χ4v) is 2.65. The molecule has 0 spiro atoms. The van der Waals surface area contributed by atoms with Crippen LogP contribution in [0.1, 0.15) is 25.7 Å². The lowest BCUT2D eigenvalue weighted by molar-refractivity contribution is 0.157. The minimum atomic E-state index is -0.185. The van der Waals surface area contributed by atoms with Crippen molar-refractivity contribution in [3.05, 3.63) is 24.5 Å². The second-order valence-corrected chi connectivity index (χ2v) is 5.34. The summed E-state index contributed by atoms with van der Waals surface area (Å²) in [5, 5.41) is 14.8. The number of anilines is 1. The highest BCUT2D eigenvalue weighted by atomic mass is 16.3. The molecule has 1 aromatic heterocycles. The number of carbonyl (C=O) groups is 1. The molecule has 0 radical (unpaired) electrons. The van der Waals surface area contributed by atoms with Crippen LogP contribution in [-0.4, -0.2) is 53.3 Å². The van der Waals surface area contributed by atoms with Gasteiger partial charge in [0.1, 0.15) is 0 Å². The predicted octanol–water partition coefficient (Wildman–Crippen LogP) is 1.44. The maximum atomic E-state index is 11.6. The molecule has 1 aromatic rings. The Balaban J connectivity index is 1.54. The first kappa shape index (κ1) is 15.7. The summed E-state index contributed by atoms with van der Waals surface area (Å²) in [6, 6.07) is 3.66. The monoisotopic (exact) mass is 292 g/mol. The smallest absolute Gasteiger partial charge is 0.319 e. The molecule has 1 atom stereocenters. The minimum absolute atomic E-state index is 0.185. The van der Waals surface area contributed by atoms with E-state index in [4.69, 9.17) is 0 Å². The van der Waals surface area contributed by atoms with Crippen molar-refractivity contribution in [2.24, 2.45) is 0 Å². The van der Waals surface area contributed by atoms with Crippen LogP contribution in [0.5, 0.6) is 0 Å². The molecule has 0 bridgehead atoms. The third-order valence-electron chi connectivity index (χ3n) is 3.81. The summed E-state index contributed by atoms with van der Waals surface area (Å²) in [5.41, 5.74) is 0.741. The van der Waals surface area contributed by atoms with E-state index in [1.807, 2.05) is 0 Å². The number of nitrogens with zero attached hydrogens (tertiary/aromatic N) is 2. The molecule has 1 aliphatic rings. The molecule has 116 valence electrons. The van der Waals surface area contributed by atoms with E-state index < -0.39 is 0 Å².